The lowest BCUT2D eigenvalue weighted by molar-refractivity contribution is 0.606. The van der Waals surface area contributed by atoms with Gasteiger partial charge in [0.1, 0.15) is 0 Å². The monoisotopic (exact) mass is 999 g/mol. The zero-order valence-corrected chi connectivity index (χ0v) is 43.4. The van der Waals surface area contributed by atoms with Crippen molar-refractivity contribution in [3.63, 3.8) is 0 Å². The molecule has 2 atom stereocenters. The normalized spacial score (nSPS) is 14.9. The molecule has 0 fully saturated rings. The molecule has 0 aliphatic heterocycles. The highest BCUT2D eigenvalue weighted by molar-refractivity contribution is 6.16. The van der Waals surface area contributed by atoms with Crippen LogP contribution in [0.2, 0.25) is 0 Å². The van der Waals surface area contributed by atoms with Gasteiger partial charge in [0.15, 0.2) is 11.2 Å². The van der Waals surface area contributed by atoms with Gasteiger partial charge in [0.25, 0.3) is 0 Å². The largest absolute Gasteiger partial charge is 0.452 e. The van der Waals surface area contributed by atoms with Crippen LogP contribution in [0.1, 0.15) is 23.7 Å². The highest BCUT2D eigenvalue weighted by Gasteiger charge is 2.27. The molecule has 4 heterocycles. The maximum atomic E-state index is 7.53. The zero-order valence-electron chi connectivity index (χ0n) is 43.4. The number of para-hydroxylation sites is 5. The minimum atomic E-state index is 0.157. The number of hydrogen-bond acceptors (Lipinski definition) is 1. The molecule has 78 heavy (non-hydrogen) atoms. The Balaban J connectivity index is 0.950. The van der Waals surface area contributed by atoms with Crippen molar-refractivity contribution in [3.8, 4) is 39.3 Å². The van der Waals surface area contributed by atoms with E-state index in [9.17, 15) is 0 Å². The van der Waals surface area contributed by atoms with Crippen LogP contribution in [0.25, 0.3) is 127 Å². The molecule has 4 nitrogen and oxygen atoms in total. The van der Waals surface area contributed by atoms with Gasteiger partial charge in [-0.1, -0.05) is 208 Å². The molecular formula is C74H53N3O. The Morgan fingerprint density at radius 1 is 0.436 bits per heavy atom. The summed E-state index contributed by atoms with van der Waals surface area (Å²) in [6.07, 6.45) is 11.2. The molecule has 10 aromatic carbocycles. The molecular weight excluding hydrogens is 947 g/mol. The van der Waals surface area contributed by atoms with Crippen LogP contribution in [0.15, 0.2) is 271 Å². The highest BCUT2D eigenvalue weighted by Crippen LogP contribution is 2.45. The first-order chi connectivity index (χ1) is 38.5. The van der Waals surface area contributed by atoms with Crippen molar-refractivity contribution in [1.82, 2.24) is 13.7 Å². The number of allylic oxidation sites excluding steroid dienone is 6. The minimum absolute atomic E-state index is 0.157. The number of benzene rings is 10. The Kier molecular flexibility index (Phi) is 10.6. The van der Waals surface area contributed by atoms with Crippen LogP contribution in [-0.4, -0.2) is 13.7 Å². The lowest BCUT2D eigenvalue weighted by Gasteiger charge is -2.28. The maximum absolute atomic E-state index is 7.53. The van der Waals surface area contributed by atoms with E-state index in [2.05, 4.69) is 295 Å². The summed E-state index contributed by atoms with van der Waals surface area (Å²) in [4.78, 5) is 0. The second-order valence-electron chi connectivity index (χ2n) is 20.9. The summed E-state index contributed by atoms with van der Waals surface area (Å²) in [5, 5.41) is 8.08. The molecule has 4 heteroatoms. The van der Waals surface area contributed by atoms with Gasteiger partial charge in [-0.15, -0.1) is 0 Å². The Morgan fingerprint density at radius 2 is 0.962 bits per heavy atom. The van der Waals surface area contributed by atoms with Crippen LogP contribution in [0.5, 0.6) is 0 Å². The first-order valence-electron chi connectivity index (χ1n) is 27.1. The molecule has 0 saturated heterocycles. The van der Waals surface area contributed by atoms with Gasteiger partial charge in [0.05, 0.1) is 39.0 Å². The summed E-state index contributed by atoms with van der Waals surface area (Å²) >= 11 is 0. The van der Waals surface area contributed by atoms with Crippen LogP contribution in [0.3, 0.4) is 0 Å². The van der Waals surface area contributed by atoms with E-state index in [0.717, 1.165) is 72.3 Å². The molecule has 14 aromatic rings. The van der Waals surface area contributed by atoms with Crippen LogP contribution in [0.4, 0.5) is 0 Å². The van der Waals surface area contributed by atoms with Crippen molar-refractivity contribution in [2.24, 2.45) is 11.8 Å². The van der Waals surface area contributed by atoms with Gasteiger partial charge in [-0.05, 0) is 119 Å². The molecule has 1 aliphatic rings. The fourth-order valence-corrected chi connectivity index (χ4v) is 13.0. The third kappa shape index (κ3) is 7.07. The molecule has 4 aromatic heterocycles. The van der Waals surface area contributed by atoms with Crippen molar-refractivity contribution in [1.29, 1.82) is 0 Å². The standard InChI is InChI=1S/C74H53N3O/c1-4-49(56-32-20-33-57(47(56)2)51-24-9-6-10-25-51)43-63-48(3)75(66-35-15-13-30-60(63)66)71-39-21-34-62-65-45-55(46-72(74(65)78-73(62)71)77-68-37-17-11-28-58(68)59-29-12-18-38-69(59)77)76-67-36-16-14-31-61(67)64-44-54(40-41-70(64)76)53-27-19-26-52(42-53)50-22-7-5-8-23-50/h4-47,56H,1H2,2-3H3/b49-43+. The Morgan fingerprint density at radius 3 is 1.65 bits per heavy atom. The fourth-order valence-electron chi connectivity index (χ4n) is 13.0. The average Bonchev–Trinajstić information content (AvgIpc) is 4.42. The molecule has 0 amide bonds. The summed E-state index contributed by atoms with van der Waals surface area (Å²) in [6, 6.07) is 83.7. The van der Waals surface area contributed by atoms with Gasteiger partial charge >= 0.3 is 0 Å². The van der Waals surface area contributed by atoms with Crippen molar-refractivity contribution in [2.75, 3.05) is 0 Å². The van der Waals surface area contributed by atoms with E-state index in [0.29, 0.717) is 0 Å². The predicted molar refractivity (Wildman–Crippen MR) is 329 cm³/mol. The quantitative estimate of drug-likeness (QED) is 0.132. The van der Waals surface area contributed by atoms with Crippen molar-refractivity contribution < 1.29 is 4.42 Å². The SMILES string of the molecule is C=C/C(=C\c1c(C)n(-c2cccc3c2oc2c(-n4c5ccccc5c5ccccc54)cc(-n4c5ccccc5c5cc(-c6cccc(-c7ccccc7)c6)ccc54)cc23)c2ccccc12)C1C=CC=C(c2ccccc2)C1C. The smallest absolute Gasteiger partial charge is 0.159 e. The number of fused-ring (bicyclic) bond motifs is 10. The van der Waals surface area contributed by atoms with Crippen LogP contribution < -0.4 is 0 Å². The number of aromatic nitrogens is 3. The maximum Gasteiger partial charge on any atom is 0.159 e. The first kappa shape index (κ1) is 45.5. The lowest BCUT2D eigenvalue weighted by atomic mass is 9.76. The highest BCUT2D eigenvalue weighted by atomic mass is 16.3. The Bertz CT molecular complexity index is 4780. The van der Waals surface area contributed by atoms with Gasteiger partial charge in [-0.3, -0.25) is 0 Å². The van der Waals surface area contributed by atoms with E-state index in [1.54, 1.807) is 0 Å². The molecule has 0 bridgehead atoms. The third-order valence-electron chi connectivity index (χ3n) is 16.7. The third-order valence-corrected chi connectivity index (χ3v) is 16.7. The molecule has 370 valence electrons. The first-order valence-corrected chi connectivity index (χ1v) is 27.1. The van der Waals surface area contributed by atoms with Crippen molar-refractivity contribution in [2.45, 2.75) is 13.8 Å². The number of furan rings is 1. The number of hydrogen-bond donors (Lipinski definition) is 0. The second-order valence-corrected chi connectivity index (χ2v) is 20.9. The van der Waals surface area contributed by atoms with E-state index in [4.69, 9.17) is 4.42 Å². The molecule has 0 radical (unpaired) electrons. The summed E-state index contributed by atoms with van der Waals surface area (Å²) in [7, 11) is 0. The summed E-state index contributed by atoms with van der Waals surface area (Å²) in [5.74, 6) is 0.418. The molecule has 15 rings (SSSR count). The summed E-state index contributed by atoms with van der Waals surface area (Å²) in [6.45, 7) is 9.00. The molecule has 0 saturated carbocycles. The Hall–Kier alpha value is -9.90. The molecule has 2 unspecified atom stereocenters. The minimum Gasteiger partial charge on any atom is -0.452 e. The van der Waals surface area contributed by atoms with E-state index >= 15 is 0 Å². The molecule has 0 N–H and O–H groups in total. The lowest BCUT2D eigenvalue weighted by Crippen LogP contribution is -2.15. The second kappa shape index (κ2) is 18.1. The number of nitrogens with zero attached hydrogens (tertiary/aromatic N) is 3. The van der Waals surface area contributed by atoms with E-state index in [1.807, 2.05) is 0 Å². The van der Waals surface area contributed by atoms with Gasteiger partial charge in [0, 0.05) is 60.6 Å². The zero-order chi connectivity index (χ0) is 52.0. The fraction of sp³-hybridized carbons (Fsp3) is 0.0541. The van der Waals surface area contributed by atoms with E-state index in [-0.39, 0.29) is 11.8 Å². The van der Waals surface area contributed by atoms with Crippen LogP contribution in [0, 0.1) is 18.8 Å². The van der Waals surface area contributed by atoms with Gasteiger partial charge in [-0.25, -0.2) is 0 Å². The van der Waals surface area contributed by atoms with Crippen molar-refractivity contribution in [3.05, 3.63) is 284 Å². The van der Waals surface area contributed by atoms with Crippen LogP contribution in [-0.2, 0) is 0 Å². The summed E-state index contributed by atoms with van der Waals surface area (Å²) < 4.78 is 14.8. The van der Waals surface area contributed by atoms with Gasteiger partial charge in [-0.2, -0.15) is 0 Å². The topological polar surface area (TPSA) is 27.9 Å². The van der Waals surface area contributed by atoms with E-state index < -0.39 is 0 Å². The summed E-state index contributed by atoms with van der Waals surface area (Å²) in [5.41, 5.74) is 21.2. The molecule has 1 aliphatic carbocycles. The number of rotatable bonds is 9. The van der Waals surface area contributed by atoms with Gasteiger partial charge < -0.3 is 18.1 Å². The van der Waals surface area contributed by atoms with Gasteiger partial charge in [0.2, 0.25) is 0 Å². The Labute approximate surface area is 452 Å². The van der Waals surface area contributed by atoms with Crippen LogP contribution >= 0.6 is 0 Å². The van der Waals surface area contributed by atoms with Crippen molar-refractivity contribution >= 4 is 88.1 Å². The molecule has 0 spiro atoms. The predicted octanol–water partition coefficient (Wildman–Crippen LogP) is 19.8. The van der Waals surface area contributed by atoms with E-state index in [1.165, 1.54) is 71.5 Å². The average molecular weight is 1000 g/mol.